The van der Waals surface area contributed by atoms with Crippen LogP contribution in [-0.4, -0.2) is 15.4 Å². The molecule has 3 rings (SSSR count). The fourth-order valence-corrected chi connectivity index (χ4v) is 2.18. The van der Waals surface area contributed by atoms with Gasteiger partial charge in [-0.1, -0.05) is 24.3 Å². The first-order valence-corrected chi connectivity index (χ1v) is 6.12. The normalized spacial score (nSPS) is 11.8. The Kier molecular flexibility index (Phi) is 3.01. The van der Waals surface area contributed by atoms with Gasteiger partial charge in [-0.15, -0.1) is 0 Å². The molecule has 106 valence electrons. The number of fused-ring (bicyclic) bond motifs is 1. The zero-order valence-corrected chi connectivity index (χ0v) is 10.6. The summed E-state index contributed by atoms with van der Waals surface area (Å²) in [6.45, 7) is 0. The third-order valence-electron chi connectivity index (χ3n) is 3.15. The topological polar surface area (TPSA) is 34.4 Å². The van der Waals surface area contributed by atoms with Crippen molar-refractivity contribution in [2.45, 2.75) is 6.18 Å². The molecule has 0 amide bonds. The van der Waals surface area contributed by atoms with Crippen molar-refractivity contribution in [1.29, 1.82) is 0 Å². The summed E-state index contributed by atoms with van der Waals surface area (Å²) in [6.07, 6.45) is -1.66. The molecule has 0 saturated carbocycles. The summed E-state index contributed by atoms with van der Waals surface area (Å²) >= 11 is 0. The second-order valence-electron chi connectivity index (χ2n) is 4.46. The summed E-state index contributed by atoms with van der Waals surface area (Å²) in [6, 6.07) is 9.80. The van der Waals surface area contributed by atoms with Gasteiger partial charge in [-0.2, -0.15) is 18.3 Å². The first kappa shape index (κ1) is 13.4. The van der Waals surface area contributed by atoms with Gasteiger partial charge < -0.3 is 0 Å². The zero-order chi connectivity index (χ0) is 15.0. The number of benzene rings is 1. The van der Waals surface area contributed by atoms with Crippen molar-refractivity contribution < 1.29 is 18.0 Å². The van der Waals surface area contributed by atoms with Gasteiger partial charge in [0, 0.05) is 11.8 Å². The number of ketones is 1. The fourth-order valence-electron chi connectivity index (χ4n) is 2.18. The Morgan fingerprint density at radius 3 is 2.48 bits per heavy atom. The van der Waals surface area contributed by atoms with Crippen LogP contribution in [0, 0.1) is 0 Å². The van der Waals surface area contributed by atoms with E-state index in [4.69, 9.17) is 0 Å². The summed E-state index contributed by atoms with van der Waals surface area (Å²) in [5, 5.41) is 3.97. The lowest BCUT2D eigenvalue weighted by atomic mass is 9.99. The summed E-state index contributed by atoms with van der Waals surface area (Å²) in [7, 11) is 0. The SMILES string of the molecule is O=C(c1ccccc1C(F)(F)F)c1cnn2ccccc12. The van der Waals surface area contributed by atoms with Crippen LogP contribution in [0.2, 0.25) is 0 Å². The number of hydrogen-bond acceptors (Lipinski definition) is 2. The molecule has 6 heteroatoms. The largest absolute Gasteiger partial charge is 0.417 e. The fraction of sp³-hybridized carbons (Fsp3) is 0.0667. The van der Waals surface area contributed by atoms with E-state index in [1.807, 2.05) is 0 Å². The third kappa shape index (κ3) is 2.29. The Labute approximate surface area is 117 Å². The summed E-state index contributed by atoms with van der Waals surface area (Å²) in [5.41, 5.74) is -0.694. The third-order valence-corrected chi connectivity index (χ3v) is 3.15. The van der Waals surface area contributed by atoms with E-state index in [1.165, 1.54) is 28.9 Å². The average molecular weight is 290 g/mol. The molecule has 1 aromatic carbocycles. The van der Waals surface area contributed by atoms with E-state index in [0.717, 1.165) is 6.07 Å². The van der Waals surface area contributed by atoms with E-state index in [9.17, 15) is 18.0 Å². The van der Waals surface area contributed by atoms with Gasteiger partial charge in [0.2, 0.25) is 0 Å². The minimum atomic E-state index is -4.57. The minimum absolute atomic E-state index is 0.146. The van der Waals surface area contributed by atoms with Gasteiger partial charge in [0.05, 0.1) is 22.8 Å². The molecule has 0 atom stereocenters. The molecule has 3 nitrogen and oxygen atoms in total. The van der Waals surface area contributed by atoms with Crippen molar-refractivity contribution in [3.05, 3.63) is 71.5 Å². The number of alkyl halides is 3. The second-order valence-corrected chi connectivity index (χ2v) is 4.46. The minimum Gasteiger partial charge on any atom is -0.288 e. The lowest BCUT2D eigenvalue weighted by molar-refractivity contribution is -0.137. The van der Waals surface area contributed by atoms with Crippen molar-refractivity contribution in [2.75, 3.05) is 0 Å². The molecule has 0 bridgehead atoms. The molecule has 2 heterocycles. The molecule has 0 saturated heterocycles. The highest BCUT2D eigenvalue weighted by atomic mass is 19.4. The van der Waals surface area contributed by atoms with Crippen LogP contribution in [0.4, 0.5) is 13.2 Å². The van der Waals surface area contributed by atoms with Crippen LogP contribution >= 0.6 is 0 Å². The van der Waals surface area contributed by atoms with Gasteiger partial charge in [0.15, 0.2) is 5.78 Å². The molecule has 3 aromatic rings. The van der Waals surface area contributed by atoms with Crippen LogP contribution in [0.1, 0.15) is 21.5 Å². The highest BCUT2D eigenvalue weighted by Gasteiger charge is 2.35. The van der Waals surface area contributed by atoms with Crippen molar-refractivity contribution in [3.8, 4) is 0 Å². The van der Waals surface area contributed by atoms with E-state index >= 15 is 0 Å². The van der Waals surface area contributed by atoms with Gasteiger partial charge in [0.25, 0.3) is 0 Å². The Morgan fingerprint density at radius 1 is 1.00 bits per heavy atom. The zero-order valence-electron chi connectivity index (χ0n) is 10.6. The van der Waals surface area contributed by atoms with E-state index < -0.39 is 17.5 Å². The predicted octanol–water partition coefficient (Wildman–Crippen LogP) is 3.58. The van der Waals surface area contributed by atoms with Crippen LogP contribution in [-0.2, 0) is 6.18 Å². The first-order valence-electron chi connectivity index (χ1n) is 6.12. The maximum atomic E-state index is 13.0. The van der Waals surface area contributed by atoms with Gasteiger partial charge in [-0.25, -0.2) is 4.52 Å². The summed E-state index contributed by atoms with van der Waals surface area (Å²) in [5.74, 6) is -0.691. The maximum absolute atomic E-state index is 13.0. The van der Waals surface area contributed by atoms with Crippen molar-refractivity contribution in [2.24, 2.45) is 0 Å². The van der Waals surface area contributed by atoms with Crippen LogP contribution in [0.15, 0.2) is 54.9 Å². The monoisotopic (exact) mass is 290 g/mol. The van der Waals surface area contributed by atoms with Gasteiger partial charge in [-0.05, 0) is 18.2 Å². The van der Waals surface area contributed by atoms with Crippen molar-refractivity contribution >= 4 is 11.3 Å². The summed E-state index contributed by atoms with van der Waals surface area (Å²) in [4.78, 5) is 12.4. The number of nitrogens with zero attached hydrogens (tertiary/aromatic N) is 2. The molecule has 0 radical (unpaired) electrons. The average Bonchev–Trinajstić information content (AvgIpc) is 2.89. The van der Waals surface area contributed by atoms with E-state index in [1.54, 1.807) is 24.4 Å². The lowest BCUT2D eigenvalue weighted by Gasteiger charge is -2.11. The Morgan fingerprint density at radius 2 is 1.71 bits per heavy atom. The number of carbonyl (C=O) groups excluding carboxylic acids is 1. The summed E-state index contributed by atoms with van der Waals surface area (Å²) < 4.78 is 40.4. The van der Waals surface area contributed by atoms with Crippen LogP contribution in [0.3, 0.4) is 0 Å². The number of pyridine rings is 1. The second kappa shape index (κ2) is 4.73. The van der Waals surface area contributed by atoms with Gasteiger partial charge in [-0.3, -0.25) is 4.79 Å². The highest BCUT2D eigenvalue weighted by Crippen LogP contribution is 2.33. The van der Waals surface area contributed by atoms with E-state index in [2.05, 4.69) is 5.10 Å². The molecule has 0 N–H and O–H groups in total. The maximum Gasteiger partial charge on any atom is 0.417 e. The van der Waals surface area contributed by atoms with Crippen LogP contribution in [0.25, 0.3) is 5.52 Å². The standard InChI is InChI=1S/C15H9F3N2O/c16-15(17,18)12-6-2-1-5-10(12)14(21)11-9-19-20-8-4-3-7-13(11)20/h1-9H. The van der Waals surface area contributed by atoms with Gasteiger partial charge in [0.1, 0.15) is 0 Å². The highest BCUT2D eigenvalue weighted by molar-refractivity contribution is 6.13. The molecule has 0 fully saturated rings. The molecular formula is C15H9F3N2O. The number of halogens is 3. The molecule has 2 aromatic heterocycles. The Bertz CT molecular complexity index is 821. The lowest BCUT2D eigenvalue weighted by Crippen LogP contribution is -2.13. The smallest absolute Gasteiger partial charge is 0.288 e. The molecule has 0 aliphatic rings. The van der Waals surface area contributed by atoms with Crippen molar-refractivity contribution in [1.82, 2.24) is 9.61 Å². The molecule has 0 aliphatic heterocycles. The molecule has 0 unspecified atom stereocenters. The predicted molar refractivity (Wildman–Crippen MR) is 70.1 cm³/mol. The first-order chi connectivity index (χ1) is 9.98. The number of rotatable bonds is 2. The van der Waals surface area contributed by atoms with Crippen molar-refractivity contribution in [3.63, 3.8) is 0 Å². The quantitative estimate of drug-likeness (QED) is 0.676. The van der Waals surface area contributed by atoms with Gasteiger partial charge >= 0.3 is 6.18 Å². The Hall–Kier alpha value is -2.63. The number of hydrogen-bond donors (Lipinski definition) is 0. The molecule has 0 aliphatic carbocycles. The molecule has 0 spiro atoms. The molecule has 21 heavy (non-hydrogen) atoms. The Balaban J connectivity index is 2.16. The van der Waals surface area contributed by atoms with Crippen LogP contribution < -0.4 is 0 Å². The number of carbonyl (C=O) groups is 1. The number of aromatic nitrogens is 2. The van der Waals surface area contributed by atoms with E-state index in [-0.39, 0.29) is 11.1 Å². The van der Waals surface area contributed by atoms with Crippen LogP contribution in [0.5, 0.6) is 0 Å². The van der Waals surface area contributed by atoms with E-state index in [0.29, 0.717) is 5.52 Å². The molecular weight excluding hydrogens is 281 g/mol.